The number of nitrogens with one attached hydrogen (secondary N) is 2. The fraction of sp³-hybridized carbons (Fsp3) is 0.667. The van der Waals surface area contributed by atoms with E-state index in [1.165, 1.54) is 0 Å². The van der Waals surface area contributed by atoms with Crippen LogP contribution in [0.3, 0.4) is 0 Å². The van der Waals surface area contributed by atoms with Crippen molar-refractivity contribution in [2.24, 2.45) is 0 Å². The monoisotopic (exact) mass is 112 g/mol. The van der Waals surface area contributed by atoms with Gasteiger partial charge in [0.2, 0.25) is 0 Å². The van der Waals surface area contributed by atoms with Crippen molar-refractivity contribution in [1.29, 1.82) is 0 Å². The van der Waals surface area contributed by atoms with E-state index in [1.807, 2.05) is 0 Å². The zero-order chi connectivity index (χ0) is 5.82. The number of rotatable bonds is 0. The normalized spacial score (nSPS) is 21.8. The van der Waals surface area contributed by atoms with Gasteiger partial charge in [-0.15, -0.1) is 0 Å². The van der Waals surface area contributed by atoms with Crippen LogP contribution in [0.2, 0.25) is 0 Å². The molecule has 46 valence electrons. The predicted octanol–water partition coefficient (Wildman–Crippen LogP) is 0.0830. The zero-order valence-electron chi connectivity index (χ0n) is 5.04. The third kappa shape index (κ3) is 1.54. The molecule has 0 atom stereocenters. The van der Waals surface area contributed by atoms with Gasteiger partial charge >= 0.3 is 0 Å². The Balaban J connectivity index is 2.27. The lowest BCUT2D eigenvalue weighted by molar-refractivity contribution is 0.720. The highest BCUT2D eigenvalue weighted by atomic mass is 15.0. The molecule has 2 N–H and O–H groups in total. The molecule has 0 aromatic heterocycles. The Labute approximate surface area is 50.0 Å². The van der Waals surface area contributed by atoms with Crippen LogP contribution in [0.25, 0.3) is 0 Å². The predicted molar refractivity (Wildman–Crippen MR) is 34.6 cm³/mol. The van der Waals surface area contributed by atoms with Gasteiger partial charge in [0.25, 0.3) is 0 Å². The topological polar surface area (TPSA) is 24.1 Å². The van der Waals surface area contributed by atoms with Gasteiger partial charge in [0.15, 0.2) is 0 Å². The Morgan fingerprint density at radius 2 is 2.12 bits per heavy atom. The second-order valence-electron chi connectivity index (χ2n) is 2.03. The first-order valence-electron chi connectivity index (χ1n) is 3.02. The van der Waals surface area contributed by atoms with E-state index in [0.717, 1.165) is 31.8 Å². The molecular formula is C6H12N2. The quantitative estimate of drug-likeness (QED) is 0.464. The van der Waals surface area contributed by atoms with Crippen molar-refractivity contribution in [2.75, 3.05) is 19.6 Å². The molecule has 0 aliphatic carbocycles. The lowest BCUT2D eigenvalue weighted by Gasteiger charge is -1.99. The minimum atomic E-state index is 1.03. The van der Waals surface area contributed by atoms with Crippen molar-refractivity contribution in [3.05, 3.63) is 12.3 Å². The summed E-state index contributed by atoms with van der Waals surface area (Å²) in [7, 11) is 0. The molecule has 0 spiro atoms. The fourth-order valence-corrected chi connectivity index (χ4v) is 0.780. The van der Waals surface area contributed by atoms with Gasteiger partial charge in [-0.3, -0.25) is 0 Å². The zero-order valence-corrected chi connectivity index (χ0v) is 5.04. The number of hydrogen-bond acceptors (Lipinski definition) is 2. The standard InChI is InChI=1S/C6H12N2/c1-6-2-3-7-4-5-8-6/h7-8H,1-5H2. The average Bonchev–Trinajstić information content (AvgIpc) is 1.94. The first-order chi connectivity index (χ1) is 3.89. The summed E-state index contributed by atoms with van der Waals surface area (Å²) < 4.78 is 0. The van der Waals surface area contributed by atoms with Gasteiger partial charge in [-0.2, -0.15) is 0 Å². The van der Waals surface area contributed by atoms with Crippen LogP contribution in [-0.4, -0.2) is 19.6 Å². The van der Waals surface area contributed by atoms with E-state index < -0.39 is 0 Å². The molecule has 0 unspecified atom stereocenters. The van der Waals surface area contributed by atoms with Crippen molar-refractivity contribution in [3.63, 3.8) is 0 Å². The first kappa shape index (κ1) is 5.63. The summed E-state index contributed by atoms with van der Waals surface area (Å²) in [6, 6.07) is 0. The van der Waals surface area contributed by atoms with Gasteiger partial charge < -0.3 is 10.6 Å². The first-order valence-corrected chi connectivity index (χ1v) is 3.02. The van der Waals surface area contributed by atoms with Crippen LogP contribution in [-0.2, 0) is 0 Å². The summed E-state index contributed by atoms with van der Waals surface area (Å²) in [5, 5.41) is 6.44. The molecule has 1 saturated heterocycles. The van der Waals surface area contributed by atoms with E-state index in [4.69, 9.17) is 0 Å². The highest BCUT2D eigenvalue weighted by Gasteiger charge is 1.96. The van der Waals surface area contributed by atoms with Gasteiger partial charge in [-0.1, -0.05) is 6.58 Å². The lowest BCUT2D eigenvalue weighted by atomic mass is 10.3. The molecule has 1 rings (SSSR count). The van der Waals surface area contributed by atoms with E-state index in [-0.39, 0.29) is 0 Å². The Morgan fingerprint density at radius 3 is 3.00 bits per heavy atom. The Kier molecular flexibility index (Phi) is 1.92. The molecule has 0 aromatic rings. The summed E-state index contributed by atoms with van der Waals surface area (Å²) in [5.41, 5.74) is 1.16. The van der Waals surface area contributed by atoms with Crippen LogP contribution in [0.1, 0.15) is 6.42 Å². The lowest BCUT2D eigenvalue weighted by Crippen LogP contribution is -2.20. The van der Waals surface area contributed by atoms with Crippen LogP contribution in [0.5, 0.6) is 0 Å². The summed E-state index contributed by atoms with van der Waals surface area (Å²) in [6.45, 7) is 6.99. The average molecular weight is 112 g/mol. The molecule has 1 aliphatic rings. The Morgan fingerprint density at radius 1 is 1.25 bits per heavy atom. The molecule has 0 aromatic carbocycles. The molecule has 0 bridgehead atoms. The van der Waals surface area contributed by atoms with Crippen molar-refractivity contribution in [3.8, 4) is 0 Å². The van der Waals surface area contributed by atoms with Crippen LogP contribution in [0, 0.1) is 0 Å². The van der Waals surface area contributed by atoms with E-state index >= 15 is 0 Å². The van der Waals surface area contributed by atoms with Gasteiger partial charge in [-0.25, -0.2) is 0 Å². The van der Waals surface area contributed by atoms with Gasteiger partial charge in [0.1, 0.15) is 0 Å². The summed E-state index contributed by atoms with van der Waals surface area (Å²) >= 11 is 0. The molecule has 0 radical (unpaired) electrons. The third-order valence-corrected chi connectivity index (χ3v) is 1.28. The summed E-state index contributed by atoms with van der Waals surface area (Å²) in [6.07, 6.45) is 1.07. The minimum Gasteiger partial charge on any atom is -0.388 e. The summed E-state index contributed by atoms with van der Waals surface area (Å²) in [5.74, 6) is 0. The number of hydrogen-bond donors (Lipinski definition) is 2. The van der Waals surface area contributed by atoms with E-state index in [9.17, 15) is 0 Å². The van der Waals surface area contributed by atoms with Crippen LogP contribution in [0.4, 0.5) is 0 Å². The van der Waals surface area contributed by atoms with Gasteiger partial charge in [0, 0.05) is 25.3 Å². The largest absolute Gasteiger partial charge is 0.388 e. The highest BCUT2D eigenvalue weighted by molar-refractivity contribution is 4.93. The highest BCUT2D eigenvalue weighted by Crippen LogP contribution is 1.91. The summed E-state index contributed by atoms with van der Waals surface area (Å²) in [4.78, 5) is 0. The second-order valence-corrected chi connectivity index (χ2v) is 2.03. The SMILES string of the molecule is C=C1CCNCCN1. The molecule has 2 nitrogen and oxygen atoms in total. The van der Waals surface area contributed by atoms with E-state index in [0.29, 0.717) is 0 Å². The maximum Gasteiger partial charge on any atom is 0.0269 e. The van der Waals surface area contributed by atoms with Crippen LogP contribution in [0.15, 0.2) is 12.3 Å². The molecule has 0 saturated carbocycles. The molecule has 8 heavy (non-hydrogen) atoms. The molecule has 0 amide bonds. The molecule has 2 heteroatoms. The molecule has 1 heterocycles. The molecule has 1 fully saturated rings. The fourth-order valence-electron chi connectivity index (χ4n) is 0.780. The van der Waals surface area contributed by atoms with Gasteiger partial charge in [0.05, 0.1) is 0 Å². The third-order valence-electron chi connectivity index (χ3n) is 1.28. The second kappa shape index (κ2) is 2.72. The van der Waals surface area contributed by atoms with Crippen LogP contribution < -0.4 is 10.6 Å². The van der Waals surface area contributed by atoms with Crippen molar-refractivity contribution < 1.29 is 0 Å². The van der Waals surface area contributed by atoms with Gasteiger partial charge in [-0.05, 0) is 6.42 Å². The van der Waals surface area contributed by atoms with Crippen molar-refractivity contribution >= 4 is 0 Å². The smallest absolute Gasteiger partial charge is 0.0269 e. The van der Waals surface area contributed by atoms with E-state index in [1.54, 1.807) is 0 Å². The maximum absolute atomic E-state index is 3.82. The molecule has 1 aliphatic heterocycles. The Bertz CT molecular complexity index is 78.5. The van der Waals surface area contributed by atoms with Crippen molar-refractivity contribution in [2.45, 2.75) is 6.42 Å². The minimum absolute atomic E-state index is 1.03. The van der Waals surface area contributed by atoms with E-state index in [2.05, 4.69) is 17.2 Å². The Hall–Kier alpha value is -0.500. The van der Waals surface area contributed by atoms with Crippen LogP contribution >= 0.6 is 0 Å². The molecular weight excluding hydrogens is 100 g/mol. The van der Waals surface area contributed by atoms with Crippen molar-refractivity contribution in [1.82, 2.24) is 10.6 Å². The maximum atomic E-state index is 3.82.